The summed E-state index contributed by atoms with van der Waals surface area (Å²) in [6.07, 6.45) is 6.81. The molecule has 22 heavy (non-hydrogen) atoms. The SMILES string of the molecule is Cc1oncc1C(=O)NCc1ccc(-c2cnn(C)c2)nc1. The summed E-state index contributed by atoms with van der Waals surface area (Å²) in [6.45, 7) is 2.09. The molecular formula is C15H15N5O2. The quantitative estimate of drug-likeness (QED) is 0.792. The first-order valence-electron chi connectivity index (χ1n) is 6.77. The summed E-state index contributed by atoms with van der Waals surface area (Å²) in [5.41, 5.74) is 3.16. The maximum Gasteiger partial charge on any atom is 0.256 e. The fourth-order valence-electron chi connectivity index (χ4n) is 2.05. The van der Waals surface area contributed by atoms with Crippen LogP contribution in [0.2, 0.25) is 0 Å². The van der Waals surface area contributed by atoms with Crippen molar-refractivity contribution >= 4 is 5.91 Å². The summed E-state index contributed by atoms with van der Waals surface area (Å²) in [6, 6.07) is 3.83. The van der Waals surface area contributed by atoms with Crippen molar-refractivity contribution in [3.8, 4) is 11.3 Å². The number of aromatic nitrogens is 4. The average molecular weight is 297 g/mol. The Balaban J connectivity index is 1.64. The van der Waals surface area contributed by atoms with Gasteiger partial charge < -0.3 is 9.84 Å². The predicted molar refractivity (Wildman–Crippen MR) is 78.8 cm³/mol. The Morgan fingerprint density at radius 1 is 1.32 bits per heavy atom. The number of nitrogens with one attached hydrogen (secondary N) is 1. The third-order valence-corrected chi connectivity index (χ3v) is 3.27. The fraction of sp³-hybridized carbons (Fsp3) is 0.200. The number of carbonyl (C=O) groups is 1. The zero-order valence-corrected chi connectivity index (χ0v) is 12.3. The Morgan fingerprint density at radius 3 is 2.77 bits per heavy atom. The van der Waals surface area contributed by atoms with E-state index < -0.39 is 0 Å². The summed E-state index contributed by atoms with van der Waals surface area (Å²) >= 11 is 0. The summed E-state index contributed by atoms with van der Waals surface area (Å²) in [5, 5.41) is 10.5. The van der Waals surface area contributed by atoms with E-state index >= 15 is 0 Å². The topological polar surface area (TPSA) is 85.8 Å². The molecule has 1 amide bonds. The van der Waals surface area contributed by atoms with E-state index in [1.807, 2.05) is 25.4 Å². The maximum absolute atomic E-state index is 11.9. The van der Waals surface area contributed by atoms with Crippen LogP contribution in [0.15, 0.2) is 41.4 Å². The first-order chi connectivity index (χ1) is 10.6. The molecule has 0 aliphatic heterocycles. The second-order valence-corrected chi connectivity index (χ2v) is 4.93. The standard InChI is InChI=1S/C15H15N5O2/c1-10-13(8-19-22-10)15(21)17-6-11-3-4-14(16-5-11)12-7-18-20(2)9-12/h3-5,7-9H,6H2,1-2H3,(H,17,21). The van der Waals surface area contributed by atoms with E-state index in [1.54, 1.807) is 24.0 Å². The lowest BCUT2D eigenvalue weighted by atomic mass is 10.2. The Hall–Kier alpha value is -2.96. The number of pyridine rings is 1. The van der Waals surface area contributed by atoms with Gasteiger partial charge in [0.1, 0.15) is 11.3 Å². The van der Waals surface area contributed by atoms with Gasteiger partial charge in [0.25, 0.3) is 5.91 Å². The van der Waals surface area contributed by atoms with Gasteiger partial charge in [0, 0.05) is 31.5 Å². The number of hydrogen-bond donors (Lipinski definition) is 1. The van der Waals surface area contributed by atoms with Gasteiger partial charge in [0.2, 0.25) is 0 Å². The van der Waals surface area contributed by atoms with Gasteiger partial charge in [0.15, 0.2) is 0 Å². The minimum atomic E-state index is -0.213. The molecule has 0 fully saturated rings. The van der Waals surface area contributed by atoms with Crippen LogP contribution < -0.4 is 5.32 Å². The highest BCUT2D eigenvalue weighted by molar-refractivity contribution is 5.94. The van der Waals surface area contributed by atoms with Crippen molar-refractivity contribution in [3.63, 3.8) is 0 Å². The lowest BCUT2D eigenvalue weighted by Crippen LogP contribution is -2.23. The van der Waals surface area contributed by atoms with E-state index in [-0.39, 0.29) is 5.91 Å². The molecule has 3 aromatic rings. The van der Waals surface area contributed by atoms with Crippen LogP contribution in [0.1, 0.15) is 21.7 Å². The zero-order chi connectivity index (χ0) is 15.5. The van der Waals surface area contributed by atoms with Crippen molar-refractivity contribution < 1.29 is 9.32 Å². The van der Waals surface area contributed by atoms with Crippen molar-refractivity contribution in [2.45, 2.75) is 13.5 Å². The van der Waals surface area contributed by atoms with Crippen molar-refractivity contribution in [3.05, 3.63) is 53.8 Å². The zero-order valence-electron chi connectivity index (χ0n) is 12.3. The molecule has 0 saturated heterocycles. The Morgan fingerprint density at radius 2 is 2.18 bits per heavy atom. The molecule has 0 atom stereocenters. The van der Waals surface area contributed by atoms with Gasteiger partial charge in [-0.1, -0.05) is 11.2 Å². The summed E-state index contributed by atoms with van der Waals surface area (Å²) in [4.78, 5) is 16.3. The summed E-state index contributed by atoms with van der Waals surface area (Å²) in [5.74, 6) is 0.289. The number of aryl methyl sites for hydroxylation is 2. The highest BCUT2D eigenvalue weighted by Gasteiger charge is 2.12. The normalized spacial score (nSPS) is 10.6. The number of nitrogens with zero attached hydrogens (tertiary/aromatic N) is 4. The molecule has 0 unspecified atom stereocenters. The van der Waals surface area contributed by atoms with Crippen molar-refractivity contribution in [1.29, 1.82) is 0 Å². The Kier molecular flexibility index (Phi) is 3.69. The van der Waals surface area contributed by atoms with Gasteiger partial charge in [0.05, 0.1) is 18.1 Å². The van der Waals surface area contributed by atoms with Crippen molar-refractivity contribution in [1.82, 2.24) is 25.2 Å². The molecule has 0 spiro atoms. The minimum Gasteiger partial charge on any atom is -0.361 e. The third-order valence-electron chi connectivity index (χ3n) is 3.27. The lowest BCUT2D eigenvalue weighted by Gasteiger charge is -2.04. The van der Waals surface area contributed by atoms with E-state index in [0.717, 1.165) is 16.8 Å². The molecule has 0 radical (unpaired) electrons. The monoisotopic (exact) mass is 297 g/mol. The van der Waals surface area contributed by atoms with Gasteiger partial charge in [-0.3, -0.25) is 14.5 Å². The van der Waals surface area contributed by atoms with Gasteiger partial charge in [-0.2, -0.15) is 5.10 Å². The second-order valence-electron chi connectivity index (χ2n) is 4.93. The molecule has 0 saturated carbocycles. The largest absolute Gasteiger partial charge is 0.361 e. The summed E-state index contributed by atoms with van der Waals surface area (Å²) in [7, 11) is 1.86. The van der Waals surface area contributed by atoms with Gasteiger partial charge >= 0.3 is 0 Å². The molecule has 3 rings (SSSR count). The molecule has 1 N–H and O–H groups in total. The smallest absolute Gasteiger partial charge is 0.256 e. The fourth-order valence-corrected chi connectivity index (χ4v) is 2.05. The molecule has 0 aliphatic carbocycles. The number of carbonyl (C=O) groups excluding carboxylic acids is 1. The van der Waals surface area contributed by atoms with E-state index in [9.17, 15) is 4.79 Å². The van der Waals surface area contributed by atoms with Gasteiger partial charge in [-0.15, -0.1) is 0 Å². The van der Waals surface area contributed by atoms with Crippen molar-refractivity contribution in [2.75, 3.05) is 0 Å². The Labute approximate surface area is 127 Å². The molecule has 7 nitrogen and oxygen atoms in total. The molecule has 112 valence electrons. The van der Waals surface area contributed by atoms with E-state index in [2.05, 4.69) is 20.6 Å². The molecule has 0 aromatic carbocycles. The first kappa shape index (κ1) is 14.0. The highest BCUT2D eigenvalue weighted by atomic mass is 16.5. The van der Waals surface area contributed by atoms with Crippen LogP contribution in [-0.2, 0) is 13.6 Å². The van der Waals surface area contributed by atoms with Crippen molar-refractivity contribution in [2.24, 2.45) is 7.05 Å². The van der Waals surface area contributed by atoms with E-state index in [4.69, 9.17) is 4.52 Å². The lowest BCUT2D eigenvalue weighted by molar-refractivity contribution is 0.0949. The number of amides is 1. The molecule has 3 aromatic heterocycles. The van der Waals surface area contributed by atoms with Crippen LogP contribution in [0.3, 0.4) is 0 Å². The second kappa shape index (κ2) is 5.80. The molecule has 0 bridgehead atoms. The van der Waals surface area contributed by atoms with Crippen LogP contribution >= 0.6 is 0 Å². The average Bonchev–Trinajstić information content (AvgIpc) is 3.14. The highest BCUT2D eigenvalue weighted by Crippen LogP contribution is 2.15. The summed E-state index contributed by atoms with van der Waals surface area (Å²) < 4.78 is 6.60. The molecule has 0 aliphatic rings. The van der Waals surface area contributed by atoms with E-state index in [0.29, 0.717) is 17.9 Å². The van der Waals surface area contributed by atoms with Crippen LogP contribution in [0, 0.1) is 6.92 Å². The number of hydrogen-bond acceptors (Lipinski definition) is 5. The number of rotatable bonds is 4. The molecular weight excluding hydrogens is 282 g/mol. The van der Waals surface area contributed by atoms with Crippen LogP contribution in [0.25, 0.3) is 11.3 Å². The van der Waals surface area contributed by atoms with Gasteiger partial charge in [-0.25, -0.2) is 0 Å². The van der Waals surface area contributed by atoms with Crippen LogP contribution in [-0.4, -0.2) is 25.8 Å². The van der Waals surface area contributed by atoms with Crippen LogP contribution in [0.4, 0.5) is 0 Å². The predicted octanol–water partition coefficient (Wildman–Crippen LogP) is 1.71. The Bertz CT molecular complexity index is 788. The first-order valence-corrected chi connectivity index (χ1v) is 6.77. The molecule has 3 heterocycles. The van der Waals surface area contributed by atoms with Gasteiger partial charge in [-0.05, 0) is 18.6 Å². The van der Waals surface area contributed by atoms with E-state index in [1.165, 1.54) is 6.20 Å². The maximum atomic E-state index is 11.9. The minimum absolute atomic E-state index is 0.213. The van der Waals surface area contributed by atoms with Crippen LogP contribution in [0.5, 0.6) is 0 Å². The third kappa shape index (κ3) is 2.88. The molecule has 7 heteroatoms.